The maximum absolute atomic E-state index is 13.7. The zero-order chi connectivity index (χ0) is 75.4. The molecule has 102 heavy (non-hydrogen) atoms. The molecule has 0 aromatic heterocycles. The Morgan fingerprint density at radius 2 is 1.35 bits per heavy atom. The summed E-state index contributed by atoms with van der Waals surface area (Å²) in [6.07, 6.45) is 12.5. The molecule has 0 saturated carbocycles. The van der Waals surface area contributed by atoms with Crippen molar-refractivity contribution < 1.29 is 92.7 Å². The van der Waals surface area contributed by atoms with E-state index in [1.165, 1.54) is 51.5 Å². The summed E-state index contributed by atoms with van der Waals surface area (Å²) < 4.78 is 99.1. The lowest BCUT2D eigenvalue weighted by Gasteiger charge is -2.25. The van der Waals surface area contributed by atoms with E-state index in [2.05, 4.69) is 59.3 Å². The number of fused-ring (bicyclic) bond motifs is 2. The minimum atomic E-state index is -4.67. The van der Waals surface area contributed by atoms with Gasteiger partial charge in [-0.05, 0) is 114 Å². The Bertz CT molecular complexity index is 3820. The number of allylic oxidation sites excluding steroid dienone is 6. The topological polar surface area (TPSA) is 437 Å². The first-order chi connectivity index (χ1) is 48.3. The number of hydrogen-bond donors (Lipinski definition) is 10. The molecule has 5 rings (SSSR count). The minimum absolute atomic E-state index is 0.00268. The largest absolute Gasteiger partial charge is 0.744 e. The van der Waals surface area contributed by atoms with Gasteiger partial charge < -0.3 is 76.1 Å². The Morgan fingerprint density at radius 3 is 2.02 bits per heavy atom. The number of carbonyl (C=O) groups is 7. The predicted octanol–water partition coefficient (Wildman–Crippen LogP) is 3.71. The molecule has 2 aliphatic rings. The summed E-state index contributed by atoms with van der Waals surface area (Å²) in [6.45, 7) is 12.9. The zero-order valence-electron chi connectivity index (χ0n) is 58.9. The summed E-state index contributed by atoms with van der Waals surface area (Å²) in [5, 5.41) is 30.6. The summed E-state index contributed by atoms with van der Waals surface area (Å²) in [4.78, 5) is 103. The van der Waals surface area contributed by atoms with Gasteiger partial charge in [0, 0.05) is 92.8 Å². The molecule has 0 spiro atoms. The number of anilines is 1. The van der Waals surface area contributed by atoms with Crippen LogP contribution in [0.5, 0.6) is 11.5 Å². The van der Waals surface area contributed by atoms with Crippen LogP contribution in [0.25, 0.3) is 0 Å². The van der Waals surface area contributed by atoms with Gasteiger partial charge in [0.1, 0.15) is 29.3 Å². The highest BCUT2D eigenvalue weighted by atomic mass is 32.2. The van der Waals surface area contributed by atoms with E-state index in [0.29, 0.717) is 69.5 Å². The minimum Gasteiger partial charge on any atom is -0.744 e. The SMILES string of the molecule is CCN1/C(=C/C=C/C=C/C2=[N+](CCCCCC(=O)NCCCC[C@H](NC(=O)CNC(=O)[C@@H](N)CS)C(=O)NCC(=O)NC(C)c3cc(OC)c(OCCCC(=O)NCCOCCOCC(=O)NCCOC)cc3[N+](=O)[O-])c3ccc(S(=O)(=O)O)cc3C2(C)C)C(C)(C)c2cc(S(=O)(=O)[O-])ccc21. The highest BCUT2D eigenvalue weighted by Gasteiger charge is 2.45. The number of likely N-dealkylation sites (N-methyl/N-ethyl adjacent to an activating group) is 1. The molecule has 1 unspecified atom stereocenters. The third-order valence-corrected chi connectivity index (χ3v) is 19.0. The second-order valence-corrected chi connectivity index (χ2v) is 28.2. The Labute approximate surface area is 601 Å². The number of rotatable bonds is 45. The van der Waals surface area contributed by atoms with E-state index < -0.39 is 96.5 Å². The van der Waals surface area contributed by atoms with Gasteiger partial charge >= 0.3 is 0 Å². The van der Waals surface area contributed by atoms with Gasteiger partial charge in [-0.2, -0.15) is 25.6 Å². The maximum atomic E-state index is 13.7. The van der Waals surface area contributed by atoms with E-state index in [4.69, 9.17) is 29.4 Å². The Balaban J connectivity index is 1.11. The van der Waals surface area contributed by atoms with Crippen LogP contribution in [-0.4, -0.2) is 200 Å². The van der Waals surface area contributed by atoms with Crippen LogP contribution < -0.4 is 57.3 Å². The number of unbranched alkanes of at least 4 members (excludes halogenated alkanes) is 3. The fourth-order valence-corrected chi connectivity index (χ4v) is 12.6. The standard InChI is InChI=1S/C68H97N11O20S3/c1-9-77-53-26-24-46(101(89,90)91)37-49(53)67(3,4)58(77)20-12-10-13-21-59-68(5,6)50-38-47(102(92,93)94)25-27-54(50)78(59)31-17-11-14-22-60(80)70-28-16-15-19-52(76-63(83)42-73-65(85)51(69)44-100)66(86)74-41-62(82)75-45(2)48-39-56(96-8)57(40-55(48)79(87)88)99-32-18-23-61(81)71-30-34-97-35-36-98-43-64(84)72-29-33-95-7/h10,12-13,20-21,24-27,37-40,45,51-52H,9,11,14-19,22-23,28-36,41-44,69H2,1-8H3,(H9-,70,71,72,73,74,75,76,80,81,82,83,84,85,86,89,90,91,92,93,94,100)/t45?,51-,52-/m0/s1. The van der Waals surface area contributed by atoms with Gasteiger partial charge in [0.2, 0.25) is 47.0 Å². The van der Waals surface area contributed by atoms with Gasteiger partial charge in [0.25, 0.3) is 15.8 Å². The monoisotopic (exact) mass is 1480 g/mol. The van der Waals surface area contributed by atoms with Crippen LogP contribution in [0, 0.1) is 10.1 Å². The highest BCUT2D eigenvalue weighted by molar-refractivity contribution is 7.86. The van der Waals surface area contributed by atoms with E-state index in [0.717, 1.165) is 28.8 Å². The molecule has 0 radical (unpaired) electrons. The summed E-state index contributed by atoms with van der Waals surface area (Å²) >= 11 is 4.00. The summed E-state index contributed by atoms with van der Waals surface area (Å²) in [7, 11) is -6.35. The first kappa shape index (κ1) is 84.3. The highest BCUT2D eigenvalue weighted by Crippen LogP contribution is 2.48. The normalized spacial score (nSPS) is 15.1. The van der Waals surface area contributed by atoms with E-state index in [1.54, 1.807) is 12.1 Å². The quantitative estimate of drug-likeness (QED) is 0.00733. The molecule has 7 amide bonds. The van der Waals surface area contributed by atoms with Gasteiger partial charge in [0.15, 0.2) is 17.2 Å². The summed E-state index contributed by atoms with van der Waals surface area (Å²) in [5.74, 6) is -3.58. The number of amides is 7. The molecule has 0 saturated heterocycles. The van der Waals surface area contributed by atoms with Crippen molar-refractivity contribution in [1.82, 2.24) is 37.2 Å². The van der Waals surface area contributed by atoms with Crippen LogP contribution in [0.2, 0.25) is 0 Å². The molecule has 3 atom stereocenters. The second-order valence-electron chi connectivity index (χ2n) is 25.0. The first-order valence-corrected chi connectivity index (χ1v) is 36.9. The number of ether oxygens (including phenoxy) is 5. The lowest BCUT2D eigenvalue weighted by atomic mass is 9.81. The van der Waals surface area contributed by atoms with Crippen molar-refractivity contribution in [3.8, 4) is 11.5 Å². The predicted molar refractivity (Wildman–Crippen MR) is 381 cm³/mol. The van der Waals surface area contributed by atoms with E-state index in [-0.39, 0.29) is 122 Å². The molecule has 34 heteroatoms. The fraction of sp³-hybridized carbons (Fsp3) is 0.529. The van der Waals surface area contributed by atoms with Crippen LogP contribution in [0.15, 0.2) is 94.4 Å². The van der Waals surface area contributed by atoms with Crippen LogP contribution in [0.1, 0.15) is 122 Å². The van der Waals surface area contributed by atoms with Crippen LogP contribution >= 0.6 is 12.6 Å². The van der Waals surface area contributed by atoms with Crippen molar-refractivity contribution in [3.63, 3.8) is 0 Å². The lowest BCUT2D eigenvalue weighted by molar-refractivity contribution is -0.438. The van der Waals surface area contributed by atoms with Gasteiger partial charge in [0.05, 0.1) is 97.1 Å². The van der Waals surface area contributed by atoms with Crippen LogP contribution in [0.4, 0.5) is 17.1 Å². The number of thiol groups is 1. The average molecular weight is 1480 g/mol. The van der Waals surface area contributed by atoms with E-state index >= 15 is 0 Å². The first-order valence-electron chi connectivity index (χ1n) is 33.4. The number of nitrogens with two attached hydrogens (primary N) is 1. The third kappa shape index (κ3) is 25.3. The van der Waals surface area contributed by atoms with Crippen molar-refractivity contribution in [3.05, 3.63) is 111 Å². The lowest BCUT2D eigenvalue weighted by Crippen LogP contribution is -2.52. The molecular weight excluding hydrogens is 1390 g/mol. The number of nitrogens with one attached hydrogen (secondary N) is 7. The molecule has 10 N–H and O–H groups in total. The van der Waals surface area contributed by atoms with Crippen molar-refractivity contribution in [2.75, 3.05) is 110 Å². The molecule has 2 aliphatic heterocycles. The molecule has 3 aromatic rings. The smallest absolute Gasteiger partial charge is 0.294 e. The van der Waals surface area contributed by atoms with Crippen molar-refractivity contribution in [1.29, 1.82) is 0 Å². The van der Waals surface area contributed by atoms with Gasteiger partial charge in [-0.1, -0.05) is 32.1 Å². The number of carbonyl (C=O) groups excluding carboxylic acids is 7. The molecule has 0 fully saturated rings. The number of benzene rings is 3. The summed E-state index contributed by atoms with van der Waals surface area (Å²) in [5.41, 5.74) is 8.71. The summed E-state index contributed by atoms with van der Waals surface area (Å²) in [6, 6.07) is 8.14. The zero-order valence-corrected chi connectivity index (χ0v) is 61.4. The fourth-order valence-electron chi connectivity index (χ4n) is 11.5. The average Bonchev–Trinajstić information content (AvgIpc) is 1.59. The number of hydrogen-bond acceptors (Lipinski definition) is 22. The third-order valence-electron chi connectivity index (χ3n) is 16.9. The molecule has 2 heterocycles. The number of nitro groups is 1. The number of nitro benzene ring substituents is 1. The van der Waals surface area contributed by atoms with Crippen molar-refractivity contribution in [2.24, 2.45) is 5.73 Å². The Morgan fingerprint density at radius 1 is 0.706 bits per heavy atom. The van der Waals surface area contributed by atoms with Crippen LogP contribution in [0.3, 0.4) is 0 Å². The van der Waals surface area contributed by atoms with Crippen molar-refractivity contribution >= 4 is 97.0 Å². The van der Waals surface area contributed by atoms with Crippen molar-refractivity contribution in [2.45, 2.75) is 138 Å². The van der Waals surface area contributed by atoms with Gasteiger partial charge in [-0.15, -0.1) is 0 Å². The molecular formula is C68H97N11O20S3. The molecule has 31 nitrogen and oxygen atoms in total. The number of nitrogens with zero attached hydrogens (tertiary/aromatic N) is 3. The molecule has 0 aliphatic carbocycles. The Kier molecular flexibility index (Phi) is 33.5. The van der Waals surface area contributed by atoms with Gasteiger partial charge in [-0.3, -0.25) is 48.2 Å². The van der Waals surface area contributed by atoms with E-state index in [9.17, 15) is 69.6 Å². The molecule has 0 bridgehead atoms. The van der Waals surface area contributed by atoms with Gasteiger partial charge in [-0.25, -0.2) is 8.42 Å². The maximum Gasteiger partial charge on any atom is 0.294 e. The van der Waals surface area contributed by atoms with Crippen LogP contribution in [-0.2, 0) is 78.8 Å². The van der Waals surface area contributed by atoms with E-state index in [1.807, 2.05) is 65.0 Å². The molecule has 562 valence electrons. The Hall–Kier alpha value is -8.35. The second kappa shape index (κ2) is 40.5. The number of methoxy groups -OCH3 is 2. The molecule has 3 aromatic carbocycles.